The molecule has 0 aliphatic carbocycles. The number of rotatable bonds is 4. The highest BCUT2D eigenvalue weighted by molar-refractivity contribution is 4.93. The molecule has 8 N–H and O–H groups in total. The van der Waals surface area contributed by atoms with E-state index in [1.807, 2.05) is 0 Å². The van der Waals surface area contributed by atoms with Gasteiger partial charge in [0.25, 0.3) is 0 Å². The van der Waals surface area contributed by atoms with Crippen molar-refractivity contribution in [2.75, 3.05) is 13.2 Å². The van der Waals surface area contributed by atoms with Crippen molar-refractivity contribution in [2.24, 2.45) is 0 Å². The smallest absolute Gasteiger partial charge is 0.187 e. The highest BCUT2D eigenvalue weighted by atomic mass is 16.7. The van der Waals surface area contributed by atoms with Crippen LogP contribution in [0.3, 0.4) is 0 Å². The van der Waals surface area contributed by atoms with Crippen molar-refractivity contribution in [3.8, 4) is 0 Å². The number of ether oxygens (including phenoxy) is 3. The Balaban J connectivity index is 2.11. The molecule has 2 saturated heterocycles. The molecule has 2 fully saturated rings. The molecule has 2 rings (SSSR count). The molecule has 2 heterocycles. The molecule has 23 heavy (non-hydrogen) atoms. The molecule has 4 unspecified atom stereocenters. The predicted octanol–water partition coefficient (Wildman–Crippen LogP) is -5.40. The third kappa shape index (κ3) is 3.65. The summed E-state index contributed by atoms with van der Waals surface area (Å²) < 4.78 is 15.3. The van der Waals surface area contributed by atoms with E-state index in [1.54, 1.807) is 0 Å². The van der Waals surface area contributed by atoms with Gasteiger partial charge in [-0.15, -0.1) is 0 Å². The zero-order chi connectivity index (χ0) is 17.3. The number of hydrogen-bond donors (Lipinski definition) is 8. The quantitative estimate of drug-likeness (QED) is 0.243. The third-order valence-electron chi connectivity index (χ3n) is 3.98. The van der Waals surface area contributed by atoms with Crippen LogP contribution < -0.4 is 0 Å². The molecule has 0 aromatic heterocycles. The van der Waals surface area contributed by atoms with Crippen molar-refractivity contribution in [1.29, 1.82) is 0 Å². The molecule has 11 nitrogen and oxygen atoms in total. The Bertz CT molecular complexity index is 378. The molecule has 0 saturated carbocycles. The van der Waals surface area contributed by atoms with Gasteiger partial charge in [-0.1, -0.05) is 0 Å². The van der Waals surface area contributed by atoms with Crippen molar-refractivity contribution >= 4 is 0 Å². The van der Waals surface area contributed by atoms with Gasteiger partial charge in [-0.2, -0.15) is 0 Å². The van der Waals surface area contributed by atoms with Gasteiger partial charge in [0, 0.05) is 0 Å². The minimum atomic E-state index is -1.74. The minimum Gasteiger partial charge on any atom is -0.394 e. The van der Waals surface area contributed by atoms with Gasteiger partial charge in [-0.25, -0.2) is 0 Å². The van der Waals surface area contributed by atoms with E-state index in [0.717, 1.165) is 0 Å². The largest absolute Gasteiger partial charge is 0.394 e. The fourth-order valence-corrected chi connectivity index (χ4v) is 2.57. The standard InChI is InChI=1S/C12H22O11/c13-1-3-5(15)6(16)9(19)12(22-3)23-10-4(2-14)21-11(20)8(18)7(10)17/h3-20H,1-2H2/t3?,4?,5-,6?,7?,8+,9+,10-,11+,12-/m0/s1. The van der Waals surface area contributed by atoms with Gasteiger partial charge in [0.1, 0.15) is 48.8 Å². The average Bonchev–Trinajstić information content (AvgIpc) is 2.55. The summed E-state index contributed by atoms with van der Waals surface area (Å²) in [5, 5.41) is 76.5. The molecule has 0 radical (unpaired) electrons. The molecule has 2 aliphatic heterocycles. The Morgan fingerprint density at radius 2 is 1.26 bits per heavy atom. The fraction of sp³-hybridized carbons (Fsp3) is 1.00. The molecule has 0 spiro atoms. The Labute approximate surface area is 130 Å². The van der Waals surface area contributed by atoms with Gasteiger partial charge in [-0.05, 0) is 0 Å². The zero-order valence-electron chi connectivity index (χ0n) is 12.0. The van der Waals surface area contributed by atoms with E-state index in [4.69, 9.17) is 19.3 Å². The molecule has 136 valence electrons. The van der Waals surface area contributed by atoms with Gasteiger partial charge in [0.2, 0.25) is 0 Å². The van der Waals surface area contributed by atoms with Crippen molar-refractivity contribution in [3.05, 3.63) is 0 Å². The minimum absolute atomic E-state index is 0.667. The van der Waals surface area contributed by atoms with Crippen LogP contribution in [0.25, 0.3) is 0 Å². The molecule has 0 amide bonds. The fourth-order valence-electron chi connectivity index (χ4n) is 2.57. The Hall–Kier alpha value is -0.440. The zero-order valence-corrected chi connectivity index (χ0v) is 12.0. The van der Waals surface area contributed by atoms with E-state index in [0.29, 0.717) is 0 Å². The first-order valence-electron chi connectivity index (χ1n) is 7.08. The summed E-state index contributed by atoms with van der Waals surface area (Å²) in [6.45, 7) is -1.35. The van der Waals surface area contributed by atoms with E-state index in [-0.39, 0.29) is 0 Å². The van der Waals surface area contributed by atoms with Crippen molar-refractivity contribution < 1.29 is 55.1 Å². The number of hydrogen-bond acceptors (Lipinski definition) is 11. The van der Waals surface area contributed by atoms with E-state index >= 15 is 0 Å². The predicted molar refractivity (Wildman–Crippen MR) is 68.6 cm³/mol. The summed E-state index contributed by atoms with van der Waals surface area (Å²) in [5.41, 5.74) is 0. The van der Waals surface area contributed by atoms with Gasteiger partial charge in [0.05, 0.1) is 13.2 Å². The summed E-state index contributed by atoms with van der Waals surface area (Å²) in [6, 6.07) is 0. The van der Waals surface area contributed by atoms with Crippen molar-refractivity contribution in [1.82, 2.24) is 0 Å². The number of aliphatic hydroxyl groups excluding tert-OH is 8. The van der Waals surface area contributed by atoms with Crippen LogP contribution >= 0.6 is 0 Å². The van der Waals surface area contributed by atoms with E-state index in [1.165, 1.54) is 0 Å². The Kier molecular flexibility index (Phi) is 6.27. The summed E-state index contributed by atoms with van der Waals surface area (Å²) in [5.74, 6) is 0. The summed E-state index contributed by atoms with van der Waals surface area (Å²) in [7, 11) is 0. The summed E-state index contributed by atoms with van der Waals surface area (Å²) >= 11 is 0. The highest BCUT2D eigenvalue weighted by Gasteiger charge is 2.50. The van der Waals surface area contributed by atoms with Crippen LogP contribution in [0, 0.1) is 0 Å². The van der Waals surface area contributed by atoms with Crippen molar-refractivity contribution in [2.45, 2.75) is 61.4 Å². The van der Waals surface area contributed by atoms with Crippen molar-refractivity contribution in [3.63, 3.8) is 0 Å². The molecule has 10 atom stereocenters. The molecular weight excluding hydrogens is 320 g/mol. The molecule has 0 bridgehead atoms. The Morgan fingerprint density at radius 1 is 0.652 bits per heavy atom. The maximum absolute atomic E-state index is 9.94. The van der Waals surface area contributed by atoms with Crippen LogP contribution in [0.15, 0.2) is 0 Å². The number of aliphatic hydroxyl groups is 8. The second-order valence-corrected chi connectivity index (χ2v) is 5.53. The average molecular weight is 342 g/mol. The second kappa shape index (κ2) is 7.63. The lowest BCUT2D eigenvalue weighted by molar-refractivity contribution is -0.355. The molecular formula is C12H22O11. The van der Waals surface area contributed by atoms with E-state index in [2.05, 4.69) is 0 Å². The van der Waals surface area contributed by atoms with Crippen LogP contribution in [0.4, 0.5) is 0 Å². The van der Waals surface area contributed by atoms with Crippen LogP contribution in [0.5, 0.6) is 0 Å². The SMILES string of the molecule is OCC1O[C@@H](O[C@H]2C(CO)O[C@@H](O)[C@H](O)C2O)[C@H](O)C(O)[C@H]1O. The Morgan fingerprint density at radius 3 is 1.83 bits per heavy atom. The molecule has 0 aromatic carbocycles. The lowest BCUT2D eigenvalue weighted by atomic mass is 9.97. The highest BCUT2D eigenvalue weighted by Crippen LogP contribution is 2.28. The lowest BCUT2D eigenvalue weighted by Crippen LogP contribution is -2.64. The van der Waals surface area contributed by atoms with Crippen LogP contribution in [0.2, 0.25) is 0 Å². The topological polar surface area (TPSA) is 190 Å². The molecule has 2 aliphatic rings. The maximum Gasteiger partial charge on any atom is 0.187 e. The normalized spacial score (nSPS) is 51.7. The van der Waals surface area contributed by atoms with Crippen LogP contribution in [-0.2, 0) is 14.2 Å². The van der Waals surface area contributed by atoms with Gasteiger partial charge >= 0.3 is 0 Å². The van der Waals surface area contributed by atoms with Gasteiger partial charge in [0.15, 0.2) is 12.6 Å². The summed E-state index contributed by atoms with van der Waals surface area (Å²) in [6.07, 6.45) is -15.6. The first-order chi connectivity index (χ1) is 10.8. The van der Waals surface area contributed by atoms with E-state index < -0.39 is 74.6 Å². The first kappa shape index (κ1) is 18.9. The van der Waals surface area contributed by atoms with Crippen LogP contribution in [0.1, 0.15) is 0 Å². The van der Waals surface area contributed by atoms with E-state index in [9.17, 15) is 35.7 Å². The van der Waals surface area contributed by atoms with Gasteiger partial charge in [-0.3, -0.25) is 0 Å². The molecule has 11 heteroatoms. The van der Waals surface area contributed by atoms with Crippen LogP contribution in [-0.4, -0.2) is 115 Å². The third-order valence-corrected chi connectivity index (χ3v) is 3.98. The lowest BCUT2D eigenvalue weighted by Gasteiger charge is -2.45. The summed E-state index contributed by atoms with van der Waals surface area (Å²) in [4.78, 5) is 0. The molecule has 0 aromatic rings. The maximum atomic E-state index is 9.94. The van der Waals surface area contributed by atoms with Gasteiger partial charge < -0.3 is 55.1 Å². The monoisotopic (exact) mass is 342 g/mol. The first-order valence-corrected chi connectivity index (χ1v) is 7.08. The second-order valence-electron chi connectivity index (χ2n) is 5.53.